The summed E-state index contributed by atoms with van der Waals surface area (Å²) in [6, 6.07) is 6.98. The van der Waals surface area contributed by atoms with Crippen LogP contribution >= 0.6 is 0 Å². The molecule has 8 nitrogen and oxygen atoms in total. The Balaban J connectivity index is 1.45. The molecule has 1 amide bonds. The number of carbonyl (C=O) groups is 1. The van der Waals surface area contributed by atoms with Crippen molar-refractivity contribution in [3.05, 3.63) is 35.8 Å². The van der Waals surface area contributed by atoms with Crippen LogP contribution in [0.25, 0.3) is 10.9 Å². The molecule has 1 aromatic heterocycles. The normalized spacial score (nSPS) is 21.2. The molecule has 0 N–H and O–H groups in total. The average Bonchev–Trinajstić information content (AvgIpc) is 3.67. The number of sulfonamides is 1. The van der Waals surface area contributed by atoms with E-state index < -0.39 is 15.8 Å². The average molecular weight is 500 g/mol. The number of hydrogen-bond donors (Lipinski definition) is 0. The predicted molar refractivity (Wildman–Crippen MR) is 131 cm³/mol. The molecule has 0 spiro atoms. The van der Waals surface area contributed by atoms with Crippen LogP contribution in [0.3, 0.4) is 0 Å². The molecule has 0 bridgehead atoms. The van der Waals surface area contributed by atoms with Crippen molar-refractivity contribution >= 4 is 32.5 Å². The van der Waals surface area contributed by atoms with Crippen molar-refractivity contribution in [3.8, 4) is 6.07 Å². The zero-order valence-electron chi connectivity index (χ0n) is 19.9. The van der Waals surface area contributed by atoms with Crippen LogP contribution in [0.1, 0.15) is 42.5 Å². The summed E-state index contributed by atoms with van der Waals surface area (Å²) < 4.78 is 39.4. The summed E-state index contributed by atoms with van der Waals surface area (Å²) in [4.78, 5) is 21.8. The predicted octanol–water partition coefficient (Wildman–Crippen LogP) is 3.00. The summed E-state index contributed by atoms with van der Waals surface area (Å²) in [6.07, 6.45) is 7.47. The maximum Gasteiger partial charge on any atom is 0.257 e. The van der Waals surface area contributed by atoms with Gasteiger partial charge in [0, 0.05) is 50.9 Å². The fourth-order valence-electron chi connectivity index (χ4n) is 5.44. The molecule has 0 atom stereocenters. The van der Waals surface area contributed by atoms with E-state index in [1.165, 1.54) is 35.5 Å². The van der Waals surface area contributed by atoms with Crippen LogP contribution in [0.4, 0.5) is 10.1 Å². The highest BCUT2D eigenvalue weighted by molar-refractivity contribution is 7.88. The van der Waals surface area contributed by atoms with Gasteiger partial charge in [0.15, 0.2) is 0 Å². The molecule has 5 rings (SSSR count). The highest BCUT2D eigenvalue weighted by Crippen LogP contribution is 2.46. The van der Waals surface area contributed by atoms with Crippen molar-refractivity contribution in [2.24, 2.45) is 11.3 Å². The second kappa shape index (κ2) is 9.03. The lowest BCUT2D eigenvalue weighted by Crippen LogP contribution is -2.50. The Kier molecular flexibility index (Phi) is 6.18. The van der Waals surface area contributed by atoms with Crippen LogP contribution < -0.4 is 4.90 Å². The molecular weight excluding hydrogens is 469 g/mol. The van der Waals surface area contributed by atoms with Crippen molar-refractivity contribution in [3.63, 3.8) is 0 Å². The lowest BCUT2D eigenvalue weighted by Gasteiger charge is -2.40. The van der Waals surface area contributed by atoms with Gasteiger partial charge in [0.05, 0.1) is 34.5 Å². The van der Waals surface area contributed by atoms with Crippen molar-refractivity contribution in [2.45, 2.75) is 32.1 Å². The van der Waals surface area contributed by atoms with Gasteiger partial charge in [-0.2, -0.15) is 9.57 Å². The smallest absolute Gasteiger partial charge is 0.257 e. The first-order chi connectivity index (χ1) is 16.7. The molecule has 186 valence electrons. The second-order valence-corrected chi connectivity index (χ2v) is 12.1. The number of pyridine rings is 1. The van der Waals surface area contributed by atoms with E-state index in [2.05, 4.69) is 16.0 Å². The summed E-state index contributed by atoms with van der Waals surface area (Å²) in [5, 5.41) is 10.5. The number of nitriles is 1. The van der Waals surface area contributed by atoms with E-state index >= 15 is 0 Å². The molecule has 3 fully saturated rings. The number of anilines is 1. The topological polar surface area (TPSA) is 97.6 Å². The number of piperazine rings is 1. The molecule has 2 saturated heterocycles. The van der Waals surface area contributed by atoms with Crippen LogP contribution in [-0.2, 0) is 10.0 Å². The number of halogens is 1. The zero-order chi connectivity index (χ0) is 24.8. The molecule has 1 aromatic carbocycles. The Morgan fingerprint density at radius 3 is 2.46 bits per heavy atom. The molecule has 1 saturated carbocycles. The van der Waals surface area contributed by atoms with E-state index in [1.807, 2.05) is 0 Å². The highest BCUT2D eigenvalue weighted by atomic mass is 32.2. The lowest BCUT2D eigenvalue weighted by molar-refractivity contribution is 0.0698. The molecule has 2 aliphatic heterocycles. The molecule has 1 aliphatic carbocycles. The van der Waals surface area contributed by atoms with E-state index in [9.17, 15) is 22.9 Å². The summed E-state index contributed by atoms with van der Waals surface area (Å²) in [7, 11) is -3.31. The van der Waals surface area contributed by atoms with Gasteiger partial charge in [0.2, 0.25) is 10.0 Å². The molecule has 0 radical (unpaired) electrons. The molecule has 10 heteroatoms. The lowest BCUT2D eigenvalue weighted by atomic mass is 9.75. The van der Waals surface area contributed by atoms with Crippen LogP contribution in [0.2, 0.25) is 0 Å². The van der Waals surface area contributed by atoms with Crippen molar-refractivity contribution in [2.75, 3.05) is 50.4 Å². The van der Waals surface area contributed by atoms with Gasteiger partial charge in [-0.25, -0.2) is 12.8 Å². The minimum absolute atomic E-state index is 0.234. The molecular formula is C25H30FN5O3S. The minimum Gasteiger partial charge on any atom is -0.370 e. The monoisotopic (exact) mass is 499 g/mol. The van der Waals surface area contributed by atoms with Gasteiger partial charge < -0.3 is 9.80 Å². The SMILES string of the molecule is CS(=O)(=O)N1CCN(C(=O)c2cnc3ccc(F)cc3c2N2CCC(C#N)(CC3CC3)CC2)CC1. The molecule has 3 heterocycles. The number of hydrogen-bond acceptors (Lipinski definition) is 6. The number of piperidine rings is 1. The second-order valence-electron chi connectivity index (χ2n) is 10.2. The van der Waals surface area contributed by atoms with E-state index in [-0.39, 0.29) is 37.5 Å². The molecule has 0 unspecified atom stereocenters. The van der Waals surface area contributed by atoms with Crippen molar-refractivity contribution < 1.29 is 17.6 Å². The third-order valence-corrected chi connectivity index (χ3v) is 8.98. The van der Waals surface area contributed by atoms with Gasteiger partial charge in [-0.05, 0) is 43.4 Å². The van der Waals surface area contributed by atoms with Gasteiger partial charge in [0.25, 0.3) is 5.91 Å². The minimum atomic E-state index is -3.31. The maximum absolute atomic E-state index is 14.3. The Hall–Kier alpha value is -2.77. The number of carbonyl (C=O) groups excluding carboxylic acids is 1. The first-order valence-electron chi connectivity index (χ1n) is 12.2. The largest absolute Gasteiger partial charge is 0.370 e. The van der Waals surface area contributed by atoms with E-state index in [1.54, 1.807) is 17.2 Å². The number of benzene rings is 1. The third kappa shape index (κ3) is 4.84. The van der Waals surface area contributed by atoms with E-state index in [0.717, 1.165) is 6.42 Å². The number of aromatic nitrogens is 1. The summed E-state index contributed by atoms with van der Waals surface area (Å²) >= 11 is 0. The summed E-state index contributed by atoms with van der Waals surface area (Å²) in [5.41, 5.74) is 1.32. The van der Waals surface area contributed by atoms with Gasteiger partial charge in [0.1, 0.15) is 5.82 Å². The van der Waals surface area contributed by atoms with Crippen molar-refractivity contribution in [1.82, 2.24) is 14.2 Å². The van der Waals surface area contributed by atoms with E-state index in [4.69, 9.17) is 0 Å². The van der Waals surface area contributed by atoms with Gasteiger partial charge >= 0.3 is 0 Å². The zero-order valence-corrected chi connectivity index (χ0v) is 20.7. The number of fused-ring (bicyclic) bond motifs is 1. The molecule has 2 aromatic rings. The first kappa shape index (κ1) is 23.9. The third-order valence-electron chi connectivity index (χ3n) is 7.68. The number of nitrogens with zero attached hydrogens (tertiary/aromatic N) is 5. The standard InChI is InChI=1S/C25H30FN5O3S/c1-35(33,34)31-12-10-30(11-13-31)24(32)21-16-28-22-5-4-19(26)14-20(22)23(21)29-8-6-25(17-27,7-9-29)15-18-2-3-18/h4-5,14,16,18H,2-3,6-13,15H2,1H3. The van der Waals surface area contributed by atoms with Crippen LogP contribution in [0.5, 0.6) is 0 Å². The fraction of sp³-hybridized carbons (Fsp3) is 0.560. The van der Waals surface area contributed by atoms with Gasteiger partial charge in [-0.15, -0.1) is 0 Å². The van der Waals surface area contributed by atoms with E-state index in [0.29, 0.717) is 54.0 Å². The molecule has 35 heavy (non-hydrogen) atoms. The summed E-state index contributed by atoms with van der Waals surface area (Å²) in [5.74, 6) is 0.0192. The van der Waals surface area contributed by atoms with Crippen LogP contribution in [0.15, 0.2) is 24.4 Å². The Morgan fingerprint density at radius 1 is 1.17 bits per heavy atom. The Bertz CT molecular complexity index is 1290. The first-order valence-corrected chi connectivity index (χ1v) is 14.0. The number of rotatable bonds is 5. The molecule has 3 aliphatic rings. The van der Waals surface area contributed by atoms with Crippen molar-refractivity contribution in [1.29, 1.82) is 5.26 Å². The van der Waals surface area contributed by atoms with Crippen LogP contribution in [-0.4, -0.2) is 74.0 Å². The van der Waals surface area contributed by atoms with Gasteiger partial charge in [-0.1, -0.05) is 12.8 Å². The highest BCUT2D eigenvalue weighted by Gasteiger charge is 2.41. The number of amides is 1. The van der Waals surface area contributed by atoms with Crippen LogP contribution in [0, 0.1) is 28.5 Å². The summed E-state index contributed by atoms with van der Waals surface area (Å²) in [6.45, 7) is 2.27. The Labute approximate surface area is 205 Å². The maximum atomic E-state index is 14.3. The fourth-order valence-corrected chi connectivity index (χ4v) is 6.26. The van der Waals surface area contributed by atoms with Gasteiger partial charge in [-0.3, -0.25) is 9.78 Å². The quantitative estimate of drug-likeness (QED) is 0.627. The Morgan fingerprint density at radius 2 is 1.86 bits per heavy atom.